The molecule has 1 amide bonds. The third-order valence-corrected chi connectivity index (χ3v) is 6.88. The van der Waals surface area contributed by atoms with Crippen LogP contribution in [0.2, 0.25) is 0 Å². The van der Waals surface area contributed by atoms with Crippen molar-refractivity contribution in [1.82, 2.24) is 14.9 Å². The highest BCUT2D eigenvalue weighted by Crippen LogP contribution is 2.22. The maximum Gasteiger partial charge on any atom is 0.263 e. The summed E-state index contributed by atoms with van der Waals surface area (Å²) in [7, 11) is -3.59. The van der Waals surface area contributed by atoms with E-state index in [-0.39, 0.29) is 23.2 Å². The fourth-order valence-corrected chi connectivity index (χ4v) is 5.15. The van der Waals surface area contributed by atoms with Crippen LogP contribution in [0.3, 0.4) is 0 Å². The Bertz CT molecular complexity index is 1060. The van der Waals surface area contributed by atoms with Crippen molar-refractivity contribution in [2.75, 3.05) is 19.6 Å². The van der Waals surface area contributed by atoms with Gasteiger partial charge in [-0.3, -0.25) is 19.4 Å². The normalized spacial score (nSPS) is 19.3. The number of piperidine rings is 1. The van der Waals surface area contributed by atoms with Gasteiger partial charge in [0.2, 0.25) is 5.91 Å². The predicted molar refractivity (Wildman–Crippen MR) is 116 cm³/mol. The van der Waals surface area contributed by atoms with Gasteiger partial charge in [-0.1, -0.05) is 42.8 Å². The number of nitrogens with zero attached hydrogens (tertiary/aromatic N) is 2. The van der Waals surface area contributed by atoms with Crippen LogP contribution in [-0.2, 0) is 27.9 Å². The molecule has 2 N–H and O–H groups in total. The number of fused-ring (bicyclic) bond motifs is 1. The van der Waals surface area contributed by atoms with E-state index in [4.69, 9.17) is 0 Å². The number of carbonyl (C=O) groups excluding carboxylic acids is 1. The van der Waals surface area contributed by atoms with Crippen molar-refractivity contribution >= 4 is 21.8 Å². The number of sulfonamides is 1. The van der Waals surface area contributed by atoms with Gasteiger partial charge in [-0.2, -0.15) is 0 Å². The van der Waals surface area contributed by atoms with Crippen LogP contribution in [0.25, 0.3) is 0 Å². The molecule has 0 aliphatic carbocycles. The zero-order valence-electron chi connectivity index (χ0n) is 16.8. The van der Waals surface area contributed by atoms with E-state index in [1.165, 1.54) is 30.9 Å². The average molecular weight is 427 g/mol. The summed E-state index contributed by atoms with van der Waals surface area (Å²) >= 11 is 0. The van der Waals surface area contributed by atoms with Gasteiger partial charge in [0.05, 0.1) is 4.90 Å². The topological polar surface area (TPSA) is 90.9 Å². The van der Waals surface area contributed by atoms with Crippen molar-refractivity contribution < 1.29 is 13.2 Å². The predicted octanol–water partition coefficient (Wildman–Crippen LogP) is 2.03. The molecule has 7 nitrogen and oxygen atoms in total. The van der Waals surface area contributed by atoms with Gasteiger partial charge >= 0.3 is 0 Å². The number of amidine groups is 1. The van der Waals surface area contributed by atoms with Gasteiger partial charge in [0.15, 0.2) is 0 Å². The van der Waals surface area contributed by atoms with Crippen molar-refractivity contribution in [3.63, 3.8) is 0 Å². The van der Waals surface area contributed by atoms with E-state index in [2.05, 4.69) is 26.0 Å². The maximum absolute atomic E-state index is 12.3. The number of benzene rings is 2. The number of carbonyl (C=O) groups is 1. The molecule has 1 fully saturated rings. The van der Waals surface area contributed by atoms with E-state index in [9.17, 15) is 13.2 Å². The molecule has 0 saturated carbocycles. The van der Waals surface area contributed by atoms with E-state index in [0.717, 1.165) is 25.2 Å². The summed E-state index contributed by atoms with van der Waals surface area (Å²) in [5, 5.41) is 2.90. The largest absolute Gasteiger partial charge is 0.350 e. The SMILES string of the molecule is O=C(CN=C1NS(=O)(=O)c2ccccc21)NCc1ccccc1CN1CCCCC1. The smallest absolute Gasteiger partial charge is 0.263 e. The summed E-state index contributed by atoms with van der Waals surface area (Å²) < 4.78 is 26.7. The lowest BCUT2D eigenvalue weighted by molar-refractivity contribution is -0.119. The summed E-state index contributed by atoms with van der Waals surface area (Å²) in [5.41, 5.74) is 2.82. The van der Waals surface area contributed by atoms with Gasteiger partial charge in [0.1, 0.15) is 12.4 Å². The first kappa shape index (κ1) is 20.6. The van der Waals surface area contributed by atoms with Crippen LogP contribution >= 0.6 is 0 Å². The molecule has 2 aliphatic rings. The molecule has 0 radical (unpaired) electrons. The number of aliphatic imine (C=N–C) groups is 1. The molecule has 2 aromatic rings. The zero-order valence-corrected chi connectivity index (χ0v) is 17.6. The highest BCUT2D eigenvalue weighted by Gasteiger charge is 2.30. The monoisotopic (exact) mass is 426 g/mol. The second kappa shape index (κ2) is 8.97. The Labute approximate surface area is 177 Å². The lowest BCUT2D eigenvalue weighted by Gasteiger charge is -2.27. The number of hydrogen-bond donors (Lipinski definition) is 2. The van der Waals surface area contributed by atoms with Gasteiger partial charge in [0.25, 0.3) is 10.0 Å². The quantitative estimate of drug-likeness (QED) is 0.740. The fourth-order valence-electron chi connectivity index (χ4n) is 3.89. The minimum absolute atomic E-state index is 0.138. The van der Waals surface area contributed by atoms with Gasteiger partial charge in [-0.15, -0.1) is 0 Å². The van der Waals surface area contributed by atoms with Crippen molar-refractivity contribution in [3.05, 3.63) is 65.2 Å². The average Bonchev–Trinajstić information content (AvgIpc) is 3.03. The molecule has 2 aromatic carbocycles. The van der Waals surface area contributed by atoms with E-state index >= 15 is 0 Å². The van der Waals surface area contributed by atoms with Crippen LogP contribution < -0.4 is 10.0 Å². The third kappa shape index (κ3) is 4.71. The van der Waals surface area contributed by atoms with E-state index in [1.807, 2.05) is 18.2 Å². The van der Waals surface area contributed by atoms with Crippen LogP contribution in [0, 0.1) is 0 Å². The van der Waals surface area contributed by atoms with Crippen molar-refractivity contribution in [2.24, 2.45) is 4.99 Å². The van der Waals surface area contributed by atoms with Crippen LogP contribution in [0.1, 0.15) is 36.0 Å². The molecular weight excluding hydrogens is 400 g/mol. The summed E-state index contributed by atoms with van der Waals surface area (Å²) in [5.74, 6) is -0.0369. The Hall–Kier alpha value is -2.71. The second-order valence-electron chi connectivity index (χ2n) is 7.65. The van der Waals surface area contributed by atoms with Gasteiger partial charge < -0.3 is 5.32 Å². The molecule has 0 aromatic heterocycles. The van der Waals surface area contributed by atoms with Gasteiger partial charge in [-0.25, -0.2) is 8.42 Å². The first-order valence-electron chi connectivity index (χ1n) is 10.3. The number of rotatable bonds is 6. The molecule has 1 saturated heterocycles. The molecule has 0 spiro atoms. The molecule has 30 heavy (non-hydrogen) atoms. The standard InChI is InChI=1S/C22H26N4O3S/c27-21(15-24-22-19-10-4-5-11-20(19)30(28,29)25-22)23-14-17-8-2-3-9-18(17)16-26-12-6-1-7-13-26/h2-5,8-11H,1,6-7,12-16H2,(H,23,27)(H,24,25). The Morgan fingerprint density at radius 2 is 1.70 bits per heavy atom. The summed E-state index contributed by atoms with van der Waals surface area (Å²) in [6, 6.07) is 14.8. The number of nitrogens with one attached hydrogen (secondary N) is 2. The molecule has 0 unspecified atom stereocenters. The lowest BCUT2D eigenvalue weighted by atomic mass is 10.0. The Morgan fingerprint density at radius 1 is 1.00 bits per heavy atom. The van der Waals surface area contributed by atoms with E-state index < -0.39 is 10.0 Å². The highest BCUT2D eigenvalue weighted by atomic mass is 32.2. The molecular formula is C22H26N4O3S. The van der Waals surface area contributed by atoms with Crippen LogP contribution in [0.4, 0.5) is 0 Å². The Balaban J connectivity index is 1.36. The van der Waals surface area contributed by atoms with Crippen molar-refractivity contribution in [3.8, 4) is 0 Å². The summed E-state index contributed by atoms with van der Waals surface area (Å²) in [6.45, 7) is 3.43. The van der Waals surface area contributed by atoms with Crippen molar-refractivity contribution in [2.45, 2.75) is 37.2 Å². The van der Waals surface area contributed by atoms with Gasteiger partial charge in [-0.05, 0) is 49.2 Å². The first-order valence-corrected chi connectivity index (χ1v) is 11.7. The fraction of sp³-hybridized carbons (Fsp3) is 0.364. The second-order valence-corrected chi connectivity index (χ2v) is 9.30. The molecule has 4 rings (SSSR count). The van der Waals surface area contributed by atoms with Crippen LogP contribution in [-0.4, -0.2) is 44.7 Å². The minimum Gasteiger partial charge on any atom is -0.350 e. The first-order chi connectivity index (χ1) is 14.5. The third-order valence-electron chi connectivity index (χ3n) is 5.48. The highest BCUT2D eigenvalue weighted by molar-refractivity contribution is 7.90. The van der Waals surface area contributed by atoms with Crippen molar-refractivity contribution in [1.29, 1.82) is 0 Å². The Morgan fingerprint density at radius 3 is 2.50 bits per heavy atom. The summed E-state index contributed by atoms with van der Waals surface area (Å²) in [6.07, 6.45) is 3.79. The molecule has 8 heteroatoms. The van der Waals surface area contributed by atoms with E-state index in [0.29, 0.717) is 12.1 Å². The van der Waals surface area contributed by atoms with Crippen LogP contribution in [0.15, 0.2) is 58.4 Å². The molecule has 0 atom stereocenters. The van der Waals surface area contributed by atoms with Gasteiger partial charge in [0, 0.05) is 18.7 Å². The zero-order chi connectivity index (χ0) is 21.0. The molecule has 2 aliphatic heterocycles. The molecule has 158 valence electrons. The molecule has 2 heterocycles. The number of amides is 1. The van der Waals surface area contributed by atoms with Crippen LogP contribution in [0.5, 0.6) is 0 Å². The Kier molecular flexibility index (Phi) is 6.15. The summed E-state index contributed by atoms with van der Waals surface area (Å²) in [4.78, 5) is 19.2. The maximum atomic E-state index is 12.3. The number of likely N-dealkylation sites (tertiary alicyclic amines) is 1. The molecule has 0 bridgehead atoms. The minimum atomic E-state index is -3.59. The lowest BCUT2D eigenvalue weighted by Crippen LogP contribution is -2.31. The van der Waals surface area contributed by atoms with E-state index in [1.54, 1.807) is 18.2 Å². The number of hydrogen-bond acceptors (Lipinski definition) is 5.